The normalized spacial score (nSPS) is 23.7. The maximum Gasteiger partial charge on any atom is 0.220 e. The van der Waals surface area contributed by atoms with Crippen molar-refractivity contribution in [3.8, 4) is 0 Å². The number of carbonyl (C=O) groups excluding carboxylic acids is 1. The Balaban J connectivity index is 1.48. The number of morpholine rings is 1. The van der Waals surface area contributed by atoms with Crippen LogP contribution in [0.2, 0.25) is 0 Å². The van der Waals surface area contributed by atoms with Crippen LogP contribution in [0.1, 0.15) is 36.6 Å². The molecule has 0 radical (unpaired) electrons. The molecule has 2 aliphatic rings. The van der Waals surface area contributed by atoms with Crippen molar-refractivity contribution in [2.45, 2.75) is 37.8 Å². The van der Waals surface area contributed by atoms with E-state index in [0.29, 0.717) is 13.0 Å². The van der Waals surface area contributed by atoms with E-state index in [0.717, 1.165) is 52.2 Å². The molecule has 2 aliphatic heterocycles. The Kier molecular flexibility index (Phi) is 6.45. The molecule has 1 N–H and O–H groups in total. The van der Waals surface area contributed by atoms with Gasteiger partial charge in [-0.05, 0) is 30.7 Å². The number of nitrogens with one attached hydrogen (secondary N) is 1. The molecule has 5 nitrogen and oxygen atoms in total. The van der Waals surface area contributed by atoms with Gasteiger partial charge >= 0.3 is 0 Å². The highest BCUT2D eigenvalue weighted by atomic mass is 32.1. The molecule has 3 heterocycles. The number of carbonyl (C=O) groups is 1. The van der Waals surface area contributed by atoms with Crippen molar-refractivity contribution in [1.82, 2.24) is 10.2 Å². The molecular weight excluding hydrogens is 312 g/mol. The van der Waals surface area contributed by atoms with Crippen LogP contribution in [0.15, 0.2) is 17.5 Å². The van der Waals surface area contributed by atoms with Crippen LogP contribution in [-0.2, 0) is 14.3 Å². The van der Waals surface area contributed by atoms with Crippen LogP contribution in [0.5, 0.6) is 0 Å². The Bertz CT molecular complexity index is 468. The fourth-order valence-electron chi connectivity index (χ4n) is 3.24. The minimum atomic E-state index is 0.135. The van der Waals surface area contributed by atoms with Crippen LogP contribution < -0.4 is 5.32 Å². The molecule has 128 valence electrons. The van der Waals surface area contributed by atoms with Gasteiger partial charge in [-0.15, -0.1) is 11.3 Å². The molecule has 0 aromatic carbocycles. The molecular formula is C17H26N2O3S. The van der Waals surface area contributed by atoms with E-state index in [9.17, 15) is 4.79 Å². The average molecular weight is 338 g/mol. The minimum absolute atomic E-state index is 0.135. The lowest BCUT2D eigenvalue weighted by atomic mass is 10.1. The predicted molar refractivity (Wildman–Crippen MR) is 90.7 cm³/mol. The Morgan fingerprint density at radius 1 is 1.39 bits per heavy atom. The molecule has 3 rings (SSSR count). The third kappa shape index (κ3) is 5.01. The van der Waals surface area contributed by atoms with Gasteiger partial charge in [0.15, 0.2) is 0 Å². The second-order valence-electron chi connectivity index (χ2n) is 6.16. The smallest absolute Gasteiger partial charge is 0.220 e. The summed E-state index contributed by atoms with van der Waals surface area (Å²) in [6.07, 6.45) is 3.91. The zero-order chi connectivity index (χ0) is 15.9. The highest BCUT2D eigenvalue weighted by Gasteiger charge is 2.24. The van der Waals surface area contributed by atoms with Gasteiger partial charge in [-0.3, -0.25) is 9.69 Å². The quantitative estimate of drug-likeness (QED) is 0.828. The highest BCUT2D eigenvalue weighted by Crippen LogP contribution is 2.25. The Hall–Kier alpha value is -0.950. The van der Waals surface area contributed by atoms with E-state index in [-0.39, 0.29) is 18.1 Å². The lowest BCUT2D eigenvalue weighted by molar-refractivity contribution is -0.122. The van der Waals surface area contributed by atoms with E-state index in [1.807, 2.05) is 0 Å². The Labute approximate surface area is 142 Å². The second kappa shape index (κ2) is 8.78. The maximum absolute atomic E-state index is 12.2. The number of ether oxygens (including phenoxy) is 2. The monoisotopic (exact) mass is 338 g/mol. The minimum Gasteiger partial charge on any atom is -0.379 e. The summed E-state index contributed by atoms with van der Waals surface area (Å²) in [7, 11) is 0. The van der Waals surface area contributed by atoms with Crippen molar-refractivity contribution in [1.29, 1.82) is 0 Å². The molecule has 2 saturated heterocycles. The van der Waals surface area contributed by atoms with Gasteiger partial charge in [-0.1, -0.05) is 6.07 Å². The summed E-state index contributed by atoms with van der Waals surface area (Å²) in [5.41, 5.74) is 0. The summed E-state index contributed by atoms with van der Waals surface area (Å²) >= 11 is 1.76. The third-order valence-electron chi connectivity index (χ3n) is 4.57. The summed E-state index contributed by atoms with van der Waals surface area (Å²) in [4.78, 5) is 15.9. The fraction of sp³-hybridized carbons (Fsp3) is 0.706. The van der Waals surface area contributed by atoms with E-state index in [4.69, 9.17) is 9.47 Å². The van der Waals surface area contributed by atoms with Gasteiger partial charge in [0.1, 0.15) is 0 Å². The molecule has 2 atom stereocenters. The SMILES string of the molecule is O=C(CC[C@H]1CCCO1)NC[C@H](c1cccs1)N1CCOCC1. The number of amides is 1. The van der Waals surface area contributed by atoms with E-state index in [1.54, 1.807) is 11.3 Å². The zero-order valence-corrected chi connectivity index (χ0v) is 14.4. The summed E-state index contributed by atoms with van der Waals surface area (Å²) < 4.78 is 11.0. The van der Waals surface area contributed by atoms with E-state index in [1.165, 1.54) is 4.88 Å². The summed E-state index contributed by atoms with van der Waals surface area (Å²) in [5.74, 6) is 0.135. The molecule has 0 aliphatic carbocycles. The molecule has 2 fully saturated rings. The number of nitrogens with zero attached hydrogens (tertiary/aromatic N) is 1. The number of hydrogen-bond donors (Lipinski definition) is 1. The molecule has 0 unspecified atom stereocenters. The van der Waals surface area contributed by atoms with E-state index < -0.39 is 0 Å². The van der Waals surface area contributed by atoms with Gasteiger partial charge in [-0.25, -0.2) is 0 Å². The maximum atomic E-state index is 12.2. The molecule has 0 bridgehead atoms. The van der Waals surface area contributed by atoms with Crippen LogP contribution in [0, 0.1) is 0 Å². The number of thiophene rings is 1. The molecule has 1 aromatic rings. The van der Waals surface area contributed by atoms with Gasteiger partial charge in [0.05, 0.1) is 25.4 Å². The van der Waals surface area contributed by atoms with Crippen LogP contribution in [0.4, 0.5) is 0 Å². The average Bonchev–Trinajstić information content (AvgIpc) is 3.28. The summed E-state index contributed by atoms with van der Waals surface area (Å²) in [5, 5.41) is 5.22. The molecule has 23 heavy (non-hydrogen) atoms. The first-order valence-electron chi connectivity index (χ1n) is 8.56. The molecule has 0 spiro atoms. The first-order valence-corrected chi connectivity index (χ1v) is 9.44. The van der Waals surface area contributed by atoms with Crippen molar-refractivity contribution >= 4 is 17.2 Å². The summed E-state index contributed by atoms with van der Waals surface area (Å²) in [6.45, 7) is 4.92. The van der Waals surface area contributed by atoms with Crippen LogP contribution in [-0.4, -0.2) is 56.4 Å². The van der Waals surface area contributed by atoms with Crippen LogP contribution in [0.3, 0.4) is 0 Å². The van der Waals surface area contributed by atoms with E-state index in [2.05, 4.69) is 27.7 Å². The van der Waals surface area contributed by atoms with Gasteiger partial charge in [0.25, 0.3) is 0 Å². The van der Waals surface area contributed by atoms with Crippen molar-refractivity contribution < 1.29 is 14.3 Å². The van der Waals surface area contributed by atoms with Gasteiger partial charge in [0, 0.05) is 37.5 Å². The Morgan fingerprint density at radius 3 is 2.96 bits per heavy atom. The largest absolute Gasteiger partial charge is 0.379 e. The topological polar surface area (TPSA) is 50.8 Å². The van der Waals surface area contributed by atoms with Crippen LogP contribution >= 0.6 is 11.3 Å². The van der Waals surface area contributed by atoms with Gasteiger partial charge in [-0.2, -0.15) is 0 Å². The number of rotatable bonds is 7. The summed E-state index contributed by atoms with van der Waals surface area (Å²) in [6, 6.07) is 4.49. The van der Waals surface area contributed by atoms with Gasteiger partial charge in [0.2, 0.25) is 5.91 Å². The van der Waals surface area contributed by atoms with E-state index >= 15 is 0 Å². The number of hydrogen-bond acceptors (Lipinski definition) is 5. The first kappa shape index (κ1) is 16.9. The van der Waals surface area contributed by atoms with Crippen molar-refractivity contribution in [3.05, 3.63) is 22.4 Å². The molecule has 6 heteroatoms. The standard InChI is InChI=1S/C17H26N2O3S/c20-17(6-5-14-3-1-9-22-14)18-13-15(16-4-2-12-23-16)19-7-10-21-11-8-19/h2,4,12,14-15H,1,3,5-11,13H2,(H,18,20)/t14-,15-/m1/s1. The fourth-order valence-corrected chi connectivity index (χ4v) is 4.10. The van der Waals surface area contributed by atoms with Crippen molar-refractivity contribution in [2.24, 2.45) is 0 Å². The predicted octanol–water partition coefficient (Wildman–Crippen LogP) is 2.20. The van der Waals surface area contributed by atoms with Crippen molar-refractivity contribution in [2.75, 3.05) is 39.5 Å². The molecule has 0 saturated carbocycles. The first-order chi connectivity index (χ1) is 11.3. The lowest BCUT2D eigenvalue weighted by Gasteiger charge is -2.34. The van der Waals surface area contributed by atoms with Gasteiger partial charge < -0.3 is 14.8 Å². The lowest BCUT2D eigenvalue weighted by Crippen LogP contribution is -2.43. The zero-order valence-electron chi connectivity index (χ0n) is 13.5. The Morgan fingerprint density at radius 2 is 2.26 bits per heavy atom. The highest BCUT2D eigenvalue weighted by molar-refractivity contribution is 7.10. The third-order valence-corrected chi connectivity index (χ3v) is 5.54. The molecule has 1 amide bonds. The van der Waals surface area contributed by atoms with Crippen molar-refractivity contribution in [3.63, 3.8) is 0 Å². The second-order valence-corrected chi connectivity index (χ2v) is 7.14. The molecule has 1 aromatic heterocycles. The van der Waals surface area contributed by atoms with Crippen LogP contribution in [0.25, 0.3) is 0 Å².